The van der Waals surface area contributed by atoms with Gasteiger partial charge in [0.15, 0.2) is 0 Å². The lowest BCUT2D eigenvalue weighted by atomic mass is 10.2. The van der Waals surface area contributed by atoms with Crippen LogP contribution in [0.5, 0.6) is 5.75 Å². The minimum atomic E-state index is 0.280. The number of hydrogen-bond donors (Lipinski definition) is 2. The summed E-state index contributed by atoms with van der Waals surface area (Å²) in [5.74, 6) is 0.280. The van der Waals surface area contributed by atoms with Crippen molar-refractivity contribution in [1.82, 2.24) is 4.98 Å². The Morgan fingerprint density at radius 2 is 2.18 bits per heavy atom. The highest BCUT2D eigenvalue weighted by Crippen LogP contribution is 2.21. The Morgan fingerprint density at radius 1 is 1.36 bits per heavy atom. The van der Waals surface area contributed by atoms with Gasteiger partial charge in [0.1, 0.15) is 5.75 Å². The third-order valence-corrected chi connectivity index (χ3v) is 1.75. The lowest BCUT2D eigenvalue weighted by Crippen LogP contribution is -1.68. The van der Waals surface area contributed by atoms with Gasteiger partial charge in [-0.3, -0.25) is 0 Å². The van der Waals surface area contributed by atoms with E-state index in [1.54, 1.807) is 12.1 Å². The van der Waals surface area contributed by atoms with E-state index in [1.807, 2.05) is 12.3 Å². The summed E-state index contributed by atoms with van der Waals surface area (Å²) in [6.45, 7) is 3.81. The van der Waals surface area contributed by atoms with Crippen LogP contribution in [0.1, 0.15) is 5.56 Å². The van der Waals surface area contributed by atoms with Gasteiger partial charge in [0.25, 0.3) is 0 Å². The highest BCUT2D eigenvalue weighted by atomic mass is 16.3. The normalized spacial score (nSPS) is 10.6. The van der Waals surface area contributed by atoms with E-state index in [-0.39, 0.29) is 5.75 Å². The van der Waals surface area contributed by atoms with E-state index in [4.69, 9.17) is 5.11 Å². The molecule has 0 aliphatic rings. The molecule has 55 valence electrons. The van der Waals surface area contributed by atoms with E-state index in [0.717, 1.165) is 16.5 Å². The number of phenols is 1. The molecular formula is C9H8NO. The monoisotopic (exact) mass is 146 g/mol. The first kappa shape index (κ1) is 6.28. The summed E-state index contributed by atoms with van der Waals surface area (Å²) in [5.41, 5.74) is 1.92. The molecule has 1 heterocycles. The third kappa shape index (κ3) is 0.871. The van der Waals surface area contributed by atoms with Gasteiger partial charge in [-0.2, -0.15) is 0 Å². The molecular weight excluding hydrogens is 138 g/mol. The molecule has 2 N–H and O–H groups in total. The number of H-pyrrole nitrogens is 1. The van der Waals surface area contributed by atoms with E-state index in [0.29, 0.717) is 0 Å². The van der Waals surface area contributed by atoms with E-state index < -0.39 is 0 Å². The molecule has 1 radical (unpaired) electrons. The number of nitrogens with one attached hydrogen (secondary N) is 1. The van der Waals surface area contributed by atoms with Crippen LogP contribution in [0.15, 0.2) is 24.4 Å². The second-order valence-electron chi connectivity index (χ2n) is 2.54. The molecule has 0 saturated heterocycles. The fourth-order valence-corrected chi connectivity index (χ4v) is 1.17. The zero-order valence-corrected chi connectivity index (χ0v) is 5.96. The van der Waals surface area contributed by atoms with Crippen molar-refractivity contribution in [3.63, 3.8) is 0 Å². The minimum absolute atomic E-state index is 0.280. The van der Waals surface area contributed by atoms with Crippen LogP contribution >= 0.6 is 0 Å². The van der Waals surface area contributed by atoms with Gasteiger partial charge in [-0.15, -0.1) is 0 Å². The fourth-order valence-electron chi connectivity index (χ4n) is 1.17. The molecule has 2 aromatic rings. The van der Waals surface area contributed by atoms with E-state index in [9.17, 15) is 0 Å². The Bertz CT molecular complexity index is 389. The maximum Gasteiger partial charge on any atom is 0.116 e. The molecule has 1 aromatic carbocycles. The quantitative estimate of drug-likeness (QED) is 0.586. The van der Waals surface area contributed by atoms with Crippen LogP contribution in [-0.2, 0) is 0 Å². The molecule has 0 unspecified atom stereocenters. The van der Waals surface area contributed by atoms with E-state index in [1.165, 1.54) is 0 Å². The fraction of sp³-hybridized carbons (Fsp3) is 0. The van der Waals surface area contributed by atoms with Crippen molar-refractivity contribution in [3.05, 3.63) is 36.9 Å². The molecule has 0 bridgehead atoms. The number of benzene rings is 1. The maximum absolute atomic E-state index is 9.13. The number of rotatable bonds is 0. The van der Waals surface area contributed by atoms with Gasteiger partial charge in [0.2, 0.25) is 0 Å². The summed E-state index contributed by atoms with van der Waals surface area (Å²) >= 11 is 0. The Morgan fingerprint density at radius 3 is 3.00 bits per heavy atom. The lowest BCUT2D eigenvalue weighted by molar-refractivity contribution is 0.476. The molecule has 11 heavy (non-hydrogen) atoms. The summed E-state index contributed by atoms with van der Waals surface area (Å²) in [7, 11) is 0. The van der Waals surface area contributed by atoms with Crippen molar-refractivity contribution in [3.8, 4) is 5.75 Å². The number of aromatic hydroxyl groups is 1. The van der Waals surface area contributed by atoms with Crippen molar-refractivity contribution < 1.29 is 5.11 Å². The second kappa shape index (κ2) is 2.02. The van der Waals surface area contributed by atoms with Crippen molar-refractivity contribution in [2.75, 3.05) is 0 Å². The molecule has 2 rings (SSSR count). The van der Waals surface area contributed by atoms with Gasteiger partial charge in [0, 0.05) is 17.1 Å². The Hall–Kier alpha value is -1.44. The van der Waals surface area contributed by atoms with Gasteiger partial charge in [-0.05, 0) is 30.7 Å². The van der Waals surface area contributed by atoms with Crippen molar-refractivity contribution in [2.45, 2.75) is 0 Å². The summed E-state index contributed by atoms with van der Waals surface area (Å²) in [6.07, 6.45) is 1.82. The maximum atomic E-state index is 9.13. The van der Waals surface area contributed by atoms with Gasteiger partial charge < -0.3 is 10.1 Å². The Kier molecular flexibility index (Phi) is 1.15. The molecule has 0 fully saturated rings. The Labute approximate surface area is 64.5 Å². The van der Waals surface area contributed by atoms with Crippen LogP contribution in [0.3, 0.4) is 0 Å². The molecule has 0 amide bonds. The molecule has 0 saturated carbocycles. The molecule has 2 heteroatoms. The van der Waals surface area contributed by atoms with Crippen molar-refractivity contribution in [2.24, 2.45) is 0 Å². The first-order valence-corrected chi connectivity index (χ1v) is 3.39. The first-order valence-electron chi connectivity index (χ1n) is 3.39. The van der Waals surface area contributed by atoms with Gasteiger partial charge in [-0.25, -0.2) is 0 Å². The number of hydrogen-bond acceptors (Lipinski definition) is 1. The summed E-state index contributed by atoms with van der Waals surface area (Å²) in [4.78, 5) is 3.04. The molecule has 0 spiro atoms. The number of phenolic OH excluding ortho intramolecular Hbond substituents is 1. The smallest absolute Gasteiger partial charge is 0.116 e. The topological polar surface area (TPSA) is 36.0 Å². The highest BCUT2D eigenvalue weighted by Gasteiger charge is 1.98. The SMILES string of the molecule is [CH2]c1c[nH]c2ccc(O)cc12. The first-order chi connectivity index (χ1) is 5.27. The average molecular weight is 146 g/mol. The molecule has 0 aliphatic carbocycles. The molecule has 0 atom stereocenters. The van der Waals surface area contributed by atoms with E-state index >= 15 is 0 Å². The Balaban J connectivity index is 2.87. The van der Waals surface area contributed by atoms with Crippen LogP contribution in [0.4, 0.5) is 0 Å². The average Bonchev–Trinajstić information content (AvgIpc) is 2.33. The van der Waals surface area contributed by atoms with Gasteiger partial charge in [0.05, 0.1) is 0 Å². The molecule has 2 nitrogen and oxygen atoms in total. The lowest BCUT2D eigenvalue weighted by Gasteiger charge is -1.92. The standard InChI is InChI=1S/C9H8NO/c1-6-5-10-9-3-2-7(11)4-8(6)9/h2-5,10-11H,1H2. The second-order valence-corrected chi connectivity index (χ2v) is 2.54. The van der Waals surface area contributed by atoms with Crippen LogP contribution in [0.2, 0.25) is 0 Å². The number of aromatic nitrogens is 1. The van der Waals surface area contributed by atoms with Crippen LogP contribution in [0.25, 0.3) is 10.9 Å². The predicted octanol–water partition coefficient (Wildman–Crippen LogP) is 2.06. The van der Waals surface area contributed by atoms with Crippen LogP contribution in [0, 0.1) is 6.92 Å². The zero-order chi connectivity index (χ0) is 7.84. The number of aromatic amines is 1. The summed E-state index contributed by atoms with van der Waals surface area (Å²) < 4.78 is 0. The number of fused-ring (bicyclic) bond motifs is 1. The van der Waals surface area contributed by atoms with Crippen LogP contribution < -0.4 is 0 Å². The minimum Gasteiger partial charge on any atom is -0.508 e. The van der Waals surface area contributed by atoms with Gasteiger partial charge in [-0.1, -0.05) is 0 Å². The van der Waals surface area contributed by atoms with Crippen molar-refractivity contribution >= 4 is 10.9 Å². The third-order valence-electron chi connectivity index (χ3n) is 1.75. The zero-order valence-electron chi connectivity index (χ0n) is 5.96. The van der Waals surface area contributed by atoms with Crippen LogP contribution in [-0.4, -0.2) is 10.1 Å². The van der Waals surface area contributed by atoms with Crippen molar-refractivity contribution in [1.29, 1.82) is 0 Å². The summed E-state index contributed by atoms with van der Waals surface area (Å²) in [5, 5.41) is 10.1. The largest absolute Gasteiger partial charge is 0.508 e. The predicted molar refractivity (Wildman–Crippen MR) is 44.4 cm³/mol. The van der Waals surface area contributed by atoms with Gasteiger partial charge >= 0.3 is 0 Å². The molecule has 1 aromatic heterocycles. The van der Waals surface area contributed by atoms with E-state index in [2.05, 4.69) is 11.9 Å². The molecule has 0 aliphatic heterocycles. The summed E-state index contributed by atoms with van der Waals surface area (Å²) in [6, 6.07) is 5.19. The highest BCUT2D eigenvalue weighted by molar-refractivity contribution is 5.85.